The Balaban J connectivity index is 2.31. The van der Waals surface area contributed by atoms with E-state index in [1.54, 1.807) is 14.2 Å². The number of hydrogen-bond donors (Lipinski definition) is 0. The Morgan fingerprint density at radius 3 is 1.29 bits per heavy atom. The molecule has 1 atom stereocenters. The van der Waals surface area contributed by atoms with E-state index in [1.165, 1.54) is 38.9 Å². The van der Waals surface area contributed by atoms with Crippen molar-refractivity contribution in [3.63, 3.8) is 0 Å². The maximum absolute atomic E-state index is 5.52. The van der Waals surface area contributed by atoms with E-state index in [9.17, 15) is 0 Å². The first-order chi connectivity index (χ1) is 17.0. The Morgan fingerprint density at radius 1 is 0.571 bits per heavy atom. The van der Waals surface area contributed by atoms with Crippen molar-refractivity contribution in [1.29, 1.82) is 0 Å². The molecule has 0 saturated heterocycles. The Bertz CT molecular complexity index is 1070. The Morgan fingerprint density at radius 2 is 0.914 bits per heavy atom. The highest BCUT2D eigenvalue weighted by Crippen LogP contribution is 2.36. The van der Waals surface area contributed by atoms with Gasteiger partial charge in [0.25, 0.3) is 0 Å². The number of hydrogen-bond acceptors (Lipinski definition) is 2. The van der Waals surface area contributed by atoms with Gasteiger partial charge in [-0.05, 0) is 75.8 Å². The van der Waals surface area contributed by atoms with Crippen LogP contribution in [-0.4, -0.2) is 14.2 Å². The average Bonchev–Trinajstić information content (AvgIpc) is 2.84. The third-order valence-corrected chi connectivity index (χ3v) is 6.42. The van der Waals surface area contributed by atoms with Crippen molar-refractivity contribution in [2.75, 3.05) is 14.2 Å². The summed E-state index contributed by atoms with van der Waals surface area (Å²) >= 11 is 0. The lowest BCUT2D eigenvalue weighted by molar-refractivity contribution is 0.180. The van der Waals surface area contributed by atoms with Gasteiger partial charge in [0.1, 0.15) is 0 Å². The minimum absolute atomic E-state index is 0.104. The maximum atomic E-state index is 5.52. The summed E-state index contributed by atoms with van der Waals surface area (Å²) in [6.45, 7) is 13.6. The fraction of sp³-hybridized carbons (Fsp3) is 0.333. The zero-order valence-corrected chi connectivity index (χ0v) is 21.9. The highest BCUT2D eigenvalue weighted by Gasteiger charge is 2.21. The van der Waals surface area contributed by atoms with Gasteiger partial charge in [-0.15, -0.1) is 13.2 Å². The molecular formula is C33H40O2. The first-order valence-electron chi connectivity index (χ1n) is 12.6. The van der Waals surface area contributed by atoms with Crippen LogP contribution in [0.15, 0.2) is 79.9 Å². The second kappa shape index (κ2) is 13.2. The van der Waals surface area contributed by atoms with Gasteiger partial charge in [-0.2, -0.15) is 0 Å². The van der Waals surface area contributed by atoms with Crippen LogP contribution in [-0.2, 0) is 48.4 Å². The van der Waals surface area contributed by atoms with Crippen molar-refractivity contribution in [3.05, 3.63) is 130 Å². The van der Waals surface area contributed by atoms with Crippen molar-refractivity contribution < 1.29 is 9.47 Å². The predicted molar refractivity (Wildman–Crippen MR) is 148 cm³/mol. The molecule has 3 aromatic rings. The van der Waals surface area contributed by atoms with E-state index in [4.69, 9.17) is 9.47 Å². The molecule has 0 bridgehead atoms. The van der Waals surface area contributed by atoms with E-state index in [-0.39, 0.29) is 5.92 Å². The minimum atomic E-state index is 0.104. The molecule has 2 nitrogen and oxygen atoms in total. The van der Waals surface area contributed by atoms with Crippen LogP contribution in [0.4, 0.5) is 0 Å². The molecule has 3 aromatic carbocycles. The molecule has 0 radical (unpaired) electrons. The Hall–Kier alpha value is -2.94. The second-order valence-electron chi connectivity index (χ2n) is 9.24. The molecule has 0 heterocycles. The standard InChI is InChI=1S/C33H40O2/c1-7-11-26-14-27(12-8-2)19-31(18-26)33(30-16-24(9-3)13-25(10-4)17-30)32-20-28(22-34-5)15-29(21-32)23-35-6/h7-8,13-21,33H,1-2,9-12,22-23H2,3-6H3. The van der Waals surface area contributed by atoms with Crippen LogP contribution in [0.3, 0.4) is 0 Å². The van der Waals surface area contributed by atoms with Crippen LogP contribution in [0.5, 0.6) is 0 Å². The fourth-order valence-corrected chi connectivity index (χ4v) is 4.93. The molecule has 0 saturated carbocycles. The Kier molecular flexibility index (Phi) is 10.1. The first-order valence-corrected chi connectivity index (χ1v) is 12.6. The van der Waals surface area contributed by atoms with E-state index in [2.05, 4.69) is 81.6 Å². The molecule has 3 rings (SSSR count). The quantitative estimate of drug-likeness (QED) is 0.189. The third-order valence-electron chi connectivity index (χ3n) is 6.42. The smallest absolute Gasteiger partial charge is 0.0713 e. The first kappa shape index (κ1) is 26.7. The van der Waals surface area contributed by atoms with Gasteiger partial charge in [0.05, 0.1) is 13.2 Å². The van der Waals surface area contributed by atoms with Gasteiger partial charge in [0.2, 0.25) is 0 Å². The summed E-state index contributed by atoms with van der Waals surface area (Å²) in [5.41, 5.74) is 11.6. The zero-order valence-electron chi connectivity index (χ0n) is 21.9. The fourth-order valence-electron chi connectivity index (χ4n) is 4.93. The van der Waals surface area contributed by atoms with Crippen LogP contribution >= 0.6 is 0 Å². The van der Waals surface area contributed by atoms with Crippen LogP contribution in [0.1, 0.15) is 69.8 Å². The molecule has 0 aliphatic carbocycles. The van der Waals surface area contributed by atoms with Gasteiger partial charge in [0, 0.05) is 20.1 Å². The van der Waals surface area contributed by atoms with Gasteiger partial charge in [0.15, 0.2) is 0 Å². The molecule has 35 heavy (non-hydrogen) atoms. The minimum Gasteiger partial charge on any atom is -0.380 e. The van der Waals surface area contributed by atoms with Gasteiger partial charge in [-0.1, -0.05) is 80.6 Å². The topological polar surface area (TPSA) is 18.5 Å². The van der Waals surface area contributed by atoms with Crippen LogP contribution in [0.2, 0.25) is 0 Å². The zero-order chi connectivity index (χ0) is 25.2. The van der Waals surface area contributed by atoms with Gasteiger partial charge < -0.3 is 9.47 Å². The molecule has 0 amide bonds. The highest BCUT2D eigenvalue weighted by atomic mass is 16.5. The van der Waals surface area contributed by atoms with Crippen molar-refractivity contribution in [2.45, 2.75) is 58.7 Å². The van der Waals surface area contributed by atoms with Crippen LogP contribution in [0.25, 0.3) is 0 Å². The van der Waals surface area contributed by atoms with Crippen molar-refractivity contribution in [2.24, 2.45) is 0 Å². The summed E-state index contributed by atoms with van der Waals surface area (Å²) in [7, 11) is 3.50. The molecule has 184 valence electrons. The average molecular weight is 469 g/mol. The summed E-state index contributed by atoms with van der Waals surface area (Å²) < 4.78 is 11.0. The molecule has 0 aliphatic heterocycles. The lowest BCUT2D eigenvalue weighted by Crippen LogP contribution is -2.09. The summed E-state index contributed by atoms with van der Waals surface area (Å²) in [6, 6.07) is 20.9. The molecule has 2 heteroatoms. The number of allylic oxidation sites excluding steroid dienone is 2. The number of rotatable bonds is 13. The lowest BCUT2D eigenvalue weighted by atomic mass is 9.81. The van der Waals surface area contributed by atoms with Crippen LogP contribution < -0.4 is 0 Å². The molecule has 0 aliphatic rings. The van der Waals surface area contributed by atoms with E-state index in [1.807, 2.05) is 12.2 Å². The molecule has 0 aromatic heterocycles. The number of aryl methyl sites for hydroxylation is 2. The van der Waals surface area contributed by atoms with E-state index >= 15 is 0 Å². The molecule has 0 N–H and O–H groups in total. The third kappa shape index (κ3) is 7.04. The highest BCUT2D eigenvalue weighted by molar-refractivity contribution is 5.50. The number of ether oxygens (including phenoxy) is 2. The summed E-state index contributed by atoms with van der Waals surface area (Å²) in [6.07, 6.45) is 7.69. The van der Waals surface area contributed by atoms with E-state index in [0.717, 1.165) is 36.8 Å². The summed E-state index contributed by atoms with van der Waals surface area (Å²) in [5, 5.41) is 0. The predicted octanol–water partition coefficient (Wildman–Crippen LogP) is 7.74. The van der Waals surface area contributed by atoms with Crippen molar-refractivity contribution >= 4 is 0 Å². The van der Waals surface area contributed by atoms with Crippen molar-refractivity contribution in [3.8, 4) is 0 Å². The molecular weight excluding hydrogens is 428 g/mol. The van der Waals surface area contributed by atoms with E-state index < -0.39 is 0 Å². The maximum Gasteiger partial charge on any atom is 0.0713 e. The Labute approximate surface area is 212 Å². The van der Waals surface area contributed by atoms with Crippen LogP contribution in [0, 0.1) is 0 Å². The monoisotopic (exact) mass is 468 g/mol. The SMILES string of the molecule is C=CCc1cc(CC=C)cc(C(c2cc(CC)cc(CC)c2)c2cc(COC)cc(COC)c2)c1. The molecule has 1 unspecified atom stereocenters. The lowest BCUT2D eigenvalue weighted by Gasteiger charge is -2.24. The summed E-state index contributed by atoms with van der Waals surface area (Å²) in [4.78, 5) is 0. The van der Waals surface area contributed by atoms with Crippen molar-refractivity contribution in [1.82, 2.24) is 0 Å². The normalized spacial score (nSPS) is 11.9. The summed E-state index contributed by atoms with van der Waals surface area (Å²) in [5.74, 6) is 0.104. The number of benzene rings is 3. The van der Waals surface area contributed by atoms with E-state index in [0.29, 0.717) is 13.2 Å². The second-order valence-corrected chi connectivity index (χ2v) is 9.24. The van der Waals surface area contributed by atoms with Gasteiger partial charge in [-0.25, -0.2) is 0 Å². The largest absolute Gasteiger partial charge is 0.380 e. The molecule has 0 fully saturated rings. The molecule has 0 spiro atoms. The number of methoxy groups -OCH3 is 2. The van der Waals surface area contributed by atoms with Gasteiger partial charge in [-0.3, -0.25) is 0 Å². The van der Waals surface area contributed by atoms with Gasteiger partial charge >= 0.3 is 0 Å².